The molecule has 1 unspecified atom stereocenters. The third-order valence-electron chi connectivity index (χ3n) is 6.15. The zero-order valence-electron chi connectivity index (χ0n) is 21.6. The molecule has 0 aliphatic carbocycles. The molecular weight excluding hydrogens is 384 g/mol. The van der Waals surface area contributed by atoms with Crippen molar-refractivity contribution in [3.63, 3.8) is 0 Å². The van der Waals surface area contributed by atoms with Crippen LogP contribution in [0.5, 0.6) is 0 Å². The van der Waals surface area contributed by atoms with Gasteiger partial charge < -0.3 is 9.47 Å². The molecular formula is C28H56O3. The van der Waals surface area contributed by atoms with Crippen LogP contribution in [-0.4, -0.2) is 25.3 Å². The smallest absolute Gasteiger partial charge is 0.305 e. The number of hydrogen-bond donors (Lipinski definition) is 0. The Morgan fingerprint density at radius 2 is 1.00 bits per heavy atom. The van der Waals surface area contributed by atoms with Crippen LogP contribution in [-0.2, 0) is 14.3 Å². The van der Waals surface area contributed by atoms with Crippen LogP contribution in [0.4, 0.5) is 0 Å². The minimum Gasteiger partial charge on any atom is -0.466 e. The van der Waals surface area contributed by atoms with Gasteiger partial charge in [0.2, 0.25) is 0 Å². The Morgan fingerprint density at radius 3 is 1.55 bits per heavy atom. The van der Waals surface area contributed by atoms with Crippen molar-refractivity contribution in [3.05, 3.63) is 0 Å². The molecule has 0 radical (unpaired) electrons. The van der Waals surface area contributed by atoms with Crippen molar-refractivity contribution < 1.29 is 14.3 Å². The fraction of sp³-hybridized carbons (Fsp3) is 0.964. The molecule has 0 aliphatic rings. The largest absolute Gasteiger partial charge is 0.466 e. The van der Waals surface area contributed by atoms with E-state index in [1.165, 1.54) is 89.9 Å². The van der Waals surface area contributed by atoms with E-state index in [0.717, 1.165) is 45.1 Å². The highest BCUT2D eigenvalue weighted by atomic mass is 16.5. The lowest BCUT2D eigenvalue weighted by atomic mass is 10.0. The van der Waals surface area contributed by atoms with E-state index in [0.29, 0.717) is 19.1 Å². The van der Waals surface area contributed by atoms with E-state index in [4.69, 9.17) is 9.47 Å². The molecule has 0 amide bonds. The standard InChI is InChI=1S/C28H56O3/c1-4-7-10-11-12-13-14-15-16-17-18-19-20-22-27(30-25-8-5-2)23-21-24-28(29)31-26-9-6-3/h27H,4-26H2,1-3H3. The van der Waals surface area contributed by atoms with E-state index in [1.807, 2.05) is 0 Å². The van der Waals surface area contributed by atoms with Crippen LogP contribution in [0.1, 0.15) is 156 Å². The summed E-state index contributed by atoms with van der Waals surface area (Å²) in [5.74, 6) is -0.0401. The van der Waals surface area contributed by atoms with Crippen LogP contribution in [0.15, 0.2) is 0 Å². The van der Waals surface area contributed by atoms with E-state index >= 15 is 0 Å². The number of esters is 1. The fourth-order valence-electron chi connectivity index (χ4n) is 3.97. The molecule has 0 aromatic heterocycles. The van der Waals surface area contributed by atoms with Gasteiger partial charge in [-0.05, 0) is 32.1 Å². The van der Waals surface area contributed by atoms with Crippen LogP contribution in [0.3, 0.4) is 0 Å². The molecule has 0 heterocycles. The number of rotatable bonds is 25. The normalized spacial score (nSPS) is 12.2. The van der Waals surface area contributed by atoms with Crippen LogP contribution in [0, 0.1) is 0 Å². The Morgan fingerprint density at radius 1 is 0.548 bits per heavy atom. The number of hydrogen-bond acceptors (Lipinski definition) is 3. The Kier molecular flexibility index (Phi) is 25.2. The monoisotopic (exact) mass is 440 g/mol. The van der Waals surface area contributed by atoms with Crippen LogP contribution >= 0.6 is 0 Å². The van der Waals surface area contributed by atoms with Gasteiger partial charge in [0, 0.05) is 13.0 Å². The predicted molar refractivity (Wildman–Crippen MR) is 135 cm³/mol. The Labute approximate surface area is 195 Å². The van der Waals surface area contributed by atoms with Crippen LogP contribution < -0.4 is 0 Å². The highest BCUT2D eigenvalue weighted by Crippen LogP contribution is 2.17. The summed E-state index contributed by atoms with van der Waals surface area (Å²) >= 11 is 0. The first-order valence-electron chi connectivity index (χ1n) is 14.0. The lowest BCUT2D eigenvalue weighted by molar-refractivity contribution is -0.144. The molecule has 1 atom stereocenters. The zero-order chi connectivity index (χ0) is 22.8. The maximum atomic E-state index is 11.8. The summed E-state index contributed by atoms with van der Waals surface area (Å²) in [5, 5.41) is 0. The molecule has 0 saturated carbocycles. The van der Waals surface area contributed by atoms with Crippen LogP contribution in [0.2, 0.25) is 0 Å². The van der Waals surface area contributed by atoms with Crippen molar-refractivity contribution in [3.8, 4) is 0 Å². The van der Waals surface area contributed by atoms with Gasteiger partial charge in [-0.1, -0.05) is 117 Å². The molecule has 0 bridgehead atoms. The molecule has 0 aliphatic heterocycles. The number of carbonyl (C=O) groups excluding carboxylic acids is 1. The molecule has 0 N–H and O–H groups in total. The van der Waals surface area contributed by atoms with Gasteiger partial charge in [-0.15, -0.1) is 0 Å². The Balaban J connectivity index is 3.68. The third kappa shape index (κ3) is 23.9. The SMILES string of the molecule is CCCCCCCCCCCCCCCC(CCCC(=O)OCCCC)OCCCC. The minimum absolute atomic E-state index is 0.0401. The van der Waals surface area contributed by atoms with E-state index in [9.17, 15) is 4.79 Å². The summed E-state index contributed by atoms with van der Waals surface area (Å²) in [6.07, 6.45) is 26.3. The topological polar surface area (TPSA) is 35.5 Å². The highest BCUT2D eigenvalue weighted by molar-refractivity contribution is 5.69. The minimum atomic E-state index is -0.0401. The maximum Gasteiger partial charge on any atom is 0.305 e. The predicted octanol–water partition coefficient (Wildman–Crippen LogP) is 9.17. The van der Waals surface area contributed by atoms with Crippen molar-refractivity contribution in [2.45, 2.75) is 162 Å². The summed E-state index contributed by atoms with van der Waals surface area (Å²) in [5.41, 5.74) is 0. The van der Waals surface area contributed by atoms with Crippen molar-refractivity contribution in [2.24, 2.45) is 0 Å². The van der Waals surface area contributed by atoms with Crippen LogP contribution in [0.25, 0.3) is 0 Å². The van der Waals surface area contributed by atoms with Crippen molar-refractivity contribution in [2.75, 3.05) is 13.2 Å². The van der Waals surface area contributed by atoms with E-state index in [2.05, 4.69) is 20.8 Å². The lowest BCUT2D eigenvalue weighted by Crippen LogP contribution is -2.15. The summed E-state index contributed by atoms with van der Waals surface area (Å²) in [7, 11) is 0. The highest BCUT2D eigenvalue weighted by Gasteiger charge is 2.11. The number of ether oxygens (including phenoxy) is 2. The molecule has 0 fully saturated rings. The second-order valence-corrected chi connectivity index (χ2v) is 9.34. The third-order valence-corrected chi connectivity index (χ3v) is 6.15. The Bertz CT molecular complexity index is 356. The lowest BCUT2D eigenvalue weighted by Gasteiger charge is -2.18. The molecule has 0 rings (SSSR count). The maximum absolute atomic E-state index is 11.8. The number of unbranched alkanes of at least 4 members (excludes halogenated alkanes) is 14. The molecule has 3 nitrogen and oxygen atoms in total. The molecule has 0 saturated heterocycles. The van der Waals surface area contributed by atoms with Gasteiger partial charge in [-0.25, -0.2) is 0 Å². The average molecular weight is 441 g/mol. The van der Waals surface area contributed by atoms with Gasteiger partial charge in [0.25, 0.3) is 0 Å². The molecule has 0 aromatic carbocycles. The zero-order valence-corrected chi connectivity index (χ0v) is 21.6. The average Bonchev–Trinajstić information content (AvgIpc) is 2.77. The summed E-state index contributed by atoms with van der Waals surface area (Å²) in [6.45, 7) is 8.04. The van der Waals surface area contributed by atoms with Gasteiger partial charge in [-0.3, -0.25) is 4.79 Å². The molecule has 3 heteroatoms. The summed E-state index contributed by atoms with van der Waals surface area (Å²) in [4.78, 5) is 11.8. The number of carbonyl (C=O) groups is 1. The van der Waals surface area contributed by atoms with Crippen molar-refractivity contribution >= 4 is 5.97 Å². The molecule has 0 spiro atoms. The van der Waals surface area contributed by atoms with Gasteiger partial charge in [0.05, 0.1) is 12.7 Å². The Hall–Kier alpha value is -0.570. The van der Waals surface area contributed by atoms with Gasteiger partial charge in [0.1, 0.15) is 0 Å². The quantitative estimate of drug-likeness (QED) is 0.105. The second-order valence-electron chi connectivity index (χ2n) is 9.34. The van der Waals surface area contributed by atoms with Crippen molar-refractivity contribution in [1.82, 2.24) is 0 Å². The first-order chi connectivity index (χ1) is 15.2. The molecule has 31 heavy (non-hydrogen) atoms. The van der Waals surface area contributed by atoms with Crippen molar-refractivity contribution in [1.29, 1.82) is 0 Å². The van der Waals surface area contributed by atoms with Gasteiger partial charge >= 0.3 is 5.97 Å². The second kappa shape index (κ2) is 25.7. The van der Waals surface area contributed by atoms with Gasteiger partial charge in [0.15, 0.2) is 0 Å². The fourth-order valence-corrected chi connectivity index (χ4v) is 3.97. The van der Waals surface area contributed by atoms with E-state index in [-0.39, 0.29) is 5.97 Å². The first kappa shape index (κ1) is 30.4. The van der Waals surface area contributed by atoms with E-state index < -0.39 is 0 Å². The van der Waals surface area contributed by atoms with Gasteiger partial charge in [-0.2, -0.15) is 0 Å². The van der Waals surface area contributed by atoms with E-state index in [1.54, 1.807) is 0 Å². The first-order valence-corrected chi connectivity index (χ1v) is 14.0. The molecule has 186 valence electrons. The molecule has 0 aromatic rings. The summed E-state index contributed by atoms with van der Waals surface area (Å²) in [6, 6.07) is 0. The summed E-state index contributed by atoms with van der Waals surface area (Å²) < 4.78 is 11.4.